The molecule has 1 heteroatoms. The Balaban J connectivity index is 2.05. The molecule has 0 aliphatic carbocycles. The van der Waals surface area contributed by atoms with E-state index in [2.05, 4.69) is 74.6 Å². The molecule has 0 aromatic heterocycles. The van der Waals surface area contributed by atoms with Gasteiger partial charge in [-0.1, -0.05) is 73.0 Å². The molecule has 20 heavy (non-hydrogen) atoms. The SMILES string of the molecule is CCCC(NCc1cc(C)cc(C)c1)c1ccccc1. The molecule has 2 aromatic rings. The second kappa shape index (κ2) is 7.25. The molecule has 0 bridgehead atoms. The third kappa shape index (κ3) is 4.21. The van der Waals surface area contributed by atoms with E-state index in [9.17, 15) is 0 Å². The number of aryl methyl sites for hydroxylation is 2. The molecular weight excluding hydrogens is 242 g/mol. The molecule has 1 unspecified atom stereocenters. The highest BCUT2D eigenvalue weighted by molar-refractivity contribution is 5.28. The molecule has 106 valence electrons. The maximum Gasteiger partial charge on any atom is 0.0323 e. The minimum absolute atomic E-state index is 0.446. The lowest BCUT2D eigenvalue weighted by Crippen LogP contribution is -2.20. The van der Waals surface area contributed by atoms with E-state index in [1.54, 1.807) is 0 Å². The first-order chi connectivity index (χ1) is 9.69. The Morgan fingerprint density at radius 2 is 1.60 bits per heavy atom. The normalized spacial score (nSPS) is 12.3. The van der Waals surface area contributed by atoms with Gasteiger partial charge in [-0.15, -0.1) is 0 Å². The molecule has 1 N–H and O–H groups in total. The quantitative estimate of drug-likeness (QED) is 0.782. The molecule has 0 fully saturated rings. The van der Waals surface area contributed by atoms with Gasteiger partial charge in [0, 0.05) is 12.6 Å². The van der Waals surface area contributed by atoms with E-state index in [4.69, 9.17) is 0 Å². The van der Waals surface area contributed by atoms with Crippen LogP contribution in [0.2, 0.25) is 0 Å². The Hall–Kier alpha value is -1.60. The van der Waals surface area contributed by atoms with Crippen molar-refractivity contribution in [3.05, 3.63) is 70.8 Å². The Morgan fingerprint density at radius 3 is 2.20 bits per heavy atom. The van der Waals surface area contributed by atoms with Crippen LogP contribution in [0.4, 0.5) is 0 Å². The van der Waals surface area contributed by atoms with Crippen molar-refractivity contribution < 1.29 is 0 Å². The van der Waals surface area contributed by atoms with Crippen LogP contribution in [0.5, 0.6) is 0 Å². The van der Waals surface area contributed by atoms with Crippen LogP contribution in [-0.4, -0.2) is 0 Å². The molecule has 0 spiro atoms. The van der Waals surface area contributed by atoms with Crippen LogP contribution >= 0.6 is 0 Å². The maximum absolute atomic E-state index is 3.71. The van der Waals surface area contributed by atoms with Crippen molar-refractivity contribution in [2.75, 3.05) is 0 Å². The number of benzene rings is 2. The molecule has 0 saturated heterocycles. The zero-order valence-electron chi connectivity index (χ0n) is 12.8. The molecule has 0 radical (unpaired) electrons. The molecule has 0 amide bonds. The zero-order valence-corrected chi connectivity index (χ0v) is 12.8. The van der Waals surface area contributed by atoms with Gasteiger partial charge in [0.2, 0.25) is 0 Å². The van der Waals surface area contributed by atoms with Crippen molar-refractivity contribution in [3.63, 3.8) is 0 Å². The van der Waals surface area contributed by atoms with Crippen LogP contribution in [0.15, 0.2) is 48.5 Å². The van der Waals surface area contributed by atoms with E-state index in [-0.39, 0.29) is 0 Å². The molecule has 0 aliphatic rings. The Kier molecular flexibility index (Phi) is 5.37. The predicted molar refractivity (Wildman–Crippen MR) is 86.8 cm³/mol. The van der Waals surface area contributed by atoms with Crippen LogP contribution in [0.3, 0.4) is 0 Å². The van der Waals surface area contributed by atoms with E-state index in [0.717, 1.165) is 6.54 Å². The van der Waals surface area contributed by atoms with Crippen LogP contribution in [0.1, 0.15) is 48.1 Å². The fraction of sp³-hybridized carbons (Fsp3) is 0.368. The third-order valence-corrected chi connectivity index (χ3v) is 3.61. The number of rotatable bonds is 6. The summed E-state index contributed by atoms with van der Waals surface area (Å²) in [5, 5.41) is 3.71. The molecule has 1 atom stereocenters. The number of nitrogens with one attached hydrogen (secondary N) is 1. The van der Waals surface area contributed by atoms with E-state index in [0.29, 0.717) is 6.04 Å². The van der Waals surface area contributed by atoms with Gasteiger partial charge in [-0.25, -0.2) is 0 Å². The van der Waals surface area contributed by atoms with Gasteiger partial charge < -0.3 is 5.32 Å². The summed E-state index contributed by atoms with van der Waals surface area (Å²) >= 11 is 0. The molecule has 2 rings (SSSR count). The first kappa shape index (κ1) is 14.8. The second-order valence-electron chi connectivity index (χ2n) is 5.63. The van der Waals surface area contributed by atoms with Crippen molar-refractivity contribution >= 4 is 0 Å². The summed E-state index contributed by atoms with van der Waals surface area (Å²) in [5.41, 5.74) is 5.44. The fourth-order valence-electron chi connectivity index (χ4n) is 2.77. The smallest absolute Gasteiger partial charge is 0.0323 e. The summed E-state index contributed by atoms with van der Waals surface area (Å²) in [5.74, 6) is 0. The molecule has 0 heterocycles. The molecule has 1 nitrogen and oxygen atoms in total. The summed E-state index contributed by atoms with van der Waals surface area (Å²) in [6, 6.07) is 18.0. The van der Waals surface area contributed by atoms with Crippen LogP contribution in [0.25, 0.3) is 0 Å². The third-order valence-electron chi connectivity index (χ3n) is 3.61. The molecule has 2 aromatic carbocycles. The van der Waals surface area contributed by atoms with Crippen molar-refractivity contribution in [2.24, 2.45) is 0 Å². The van der Waals surface area contributed by atoms with Crippen molar-refractivity contribution in [1.29, 1.82) is 0 Å². The largest absolute Gasteiger partial charge is 0.306 e. The molecule has 0 saturated carbocycles. The first-order valence-corrected chi connectivity index (χ1v) is 7.54. The summed E-state index contributed by atoms with van der Waals surface area (Å²) in [6.07, 6.45) is 2.37. The Labute approximate surface area is 123 Å². The standard InChI is InChI=1S/C19H25N/c1-4-8-19(18-9-6-5-7-10-18)20-14-17-12-15(2)11-16(3)13-17/h5-7,9-13,19-20H,4,8,14H2,1-3H3. The minimum Gasteiger partial charge on any atom is -0.306 e. The summed E-state index contributed by atoms with van der Waals surface area (Å²) in [6.45, 7) is 7.50. The molecule has 0 aliphatic heterocycles. The van der Waals surface area contributed by atoms with Gasteiger partial charge in [0.05, 0.1) is 0 Å². The first-order valence-electron chi connectivity index (χ1n) is 7.54. The van der Waals surface area contributed by atoms with Crippen molar-refractivity contribution in [1.82, 2.24) is 5.32 Å². The summed E-state index contributed by atoms with van der Waals surface area (Å²) in [4.78, 5) is 0. The summed E-state index contributed by atoms with van der Waals surface area (Å²) in [7, 11) is 0. The van der Waals surface area contributed by atoms with E-state index in [1.165, 1.54) is 35.1 Å². The van der Waals surface area contributed by atoms with Crippen LogP contribution in [0, 0.1) is 13.8 Å². The van der Waals surface area contributed by atoms with E-state index < -0.39 is 0 Å². The van der Waals surface area contributed by atoms with E-state index >= 15 is 0 Å². The van der Waals surface area contributed by atoms with Crippen molar-refractivity contribution in [3.8, 4) is 0 Å². The second-order valence-corrected chi connectivity index (χ2v) is 5.63. The lowest BCUT2D eigenvalue weighted by atomic mass is 10.0. The zero-order chi connectivity index (χ0) is 14.4. The monoisotopic (exact) mass is 267 g/mol. The van der Waals surface area contributed by atoms with Crippen LogP contribution < -0.4 is 5.32 Å². The maximum atomic E-state index is 3.71. The highest BCUT2D eigenvalue weighted by Crippen LogP contribution is 2.19. The number of hydrogen-bond acceptors (Lipinski definition) is 1. The fourth-order valence-corrected chi connectivity index (χ4v) is 2.77. The van der Waals surface area contributed by atoms with Gasteiger partial charge in [0.15, 0.2) is 0 Å². The van der Waals surface area contributed by atoms with Gasteiger partial charge in [0.25, 0.3) is 0 Å². The van der Waals surface area contributed by atoms with Gasteiger partial charge in [-0.05, 0) is 31.4 Å². The summed E-state index contributed by atoms with van der Waals surface area (Å²) < 4.78 is 0. The lowest BCUT2D eigenvalue weighted by Gasteiger charge is -2.19. The Morgan fingerprint density at radius 1 is 0.950 bits per heavy atom. The number of hydrogen-bond donors (Lipinski definition) is 1. The van der Waals surface area contributed by atoms with Gasteiger partial charge in [-0.2, -0.15) is 0 Å². The van der Waals surface area contributed by atoms with Gasteiger partial charge in [-0.3, -0.25) is 0 Å². The average molecular weight is 267 g/mol. The average Bonchev–Trinajstić information content (AvgIpc) is 2.43. The Bertz CT molecular complexity index is 510. The predicted octanol–water partition coefficient (Wildman–Crippen LogP) is 4.93. The minimum atomic E-state index is 0.446. The van der Waals surface area contributed by atoms with Crippen molar-refractivity contribution in [2.45, 2.75) is 46.2 Å². The highest BCUT2D eigenvalue weighted by Gasteiger charge is 2.09. The lowest BCUT2D eigenvalue weighted by molar-refractivity contribution is 0.493. The van der Waals surface area contributed by atoms with Gasteiger partial charge >= 0.3 is 0 Å². The molecular formula is C19H25N. The van der Waals surface area contributed by atoms with E-state index in [1.807, 2.05) is 0 Å². The topological polar surface area (TPSA) is 12.0 Å². The van der Waals surface area contributed by atoms with Crippen LogP contribution in [-0.2, 0) is 6.54 Å². The van der Waals surface area contributed by atoms with Gasteiger partial charge in [0.1, 0.15) is 0 Å². The highest BCUT2D eigenvalue weighted by atomic mass is 14.9.